The molecule has 0 bridgehead atoms. The molecule has 4 heterocycles. The highest BCUT2D eigenvalue weighted by atomic mass is 32.1. The first-order chi connectivity index (χ1) is 31.2. The number of hydrogen-bond acceptors (Lipinski definition) is 21. The number of thiazole rings is 3. The molecule has 20 nitrogen and oxygen atoms in total. The second-order valence-corrected chi connectivity index (χ2v) is 20.4. The number of nitrogens with zero attached hydrogens (tertiary/aromatic N) is 5. The molecule has 0 aliphatic carbocycles. The van der Waals surface area contributed by atoms with Crippen LogP contribution in [0, 0.1) is 0 Å². The van der Waals surface area contributed by atoms with Gasteiger partial charge in [0.15, 0.2) is 15.4 Å². The van der Waals surface area contributed by atoms with E-state index in [2.05, 4.69) is 36.3 Å². The van der Waals surface area contributed by atoms with Crippen LogP contribution in [0.25, 0.3) is 41.7 Å². The zero-order valence-corrected chi connectivity index (χ0v) is 40.2. The lowest BCUT2D eigenvalue weighted by molar-refractivity contribution is -0.143. The Bertz CT molecular complexity index is 3090. The minimum absolute atomic E-state index is 0.226. The van der Waals surface area contributed by atoms with Crippen molar-refractivity contribution < 1.29 is 39.6 Å². The van der Waals surface area contributed by atoms with E-state index in [1.165, 1.54) is 54.8 Å². The Balaban J connectivity index is 0.000000167. The number of carboxylic acids is 4. The average molecular weight is 1010 g/mol. The van der Waals surface area contributed by atoms with Crippen LogP contribution in [-0.4, -0.2) is 90.7 Å². The van der Waals surface area contributed by atoms with E-state index in [0.717, 1.165) is 75.7 Å². The predicted molar refractivity (Wildman–Crippen MR) is 268 cm³/mol. The Morgan fingerprint density at radius 1 is 0.567 bits per heavy atom. The highest BCUT2D eigenvalue weighted by Crippen LogP contribution is 2.31. The van der Waals surface area contributed by atoms with Crippen molar-refractivity contribution in [3.8, 4) is 0 Å². The molecule has 4 aromatic carbocycles. The van der Waals surface area contributed by atoms with Crippen LogP contribution in [0.4, 0.5) is 15.4 Å². The molecule has 4 unspecified atom stereocenters. The second kappa shape index (κ2) is 21.2. The molecule has 4 aromatic heterocycles. The molecule has 18 N–H and O–H groups in total. The van der Waals surface area contributed by atoms with E-state index in [1.54, 1.807) is 6.07 Å². The van der Waals surface area contributed by atoms with Crippen molar-refractivity contribution in [2.45, 2.75) is 74.0 Å². The summed E-state index contributed by atoms with van der Waals surface area (Å²) in [6.45, 7) is 4.48. The maximum atomic E-state index is 11.0. The second-order valence-electron chi connectivity index (χ2n) is 16.2. The smallest absolute Gasteiger partial charge is 0.323 e. The monoisotopic (exact) mass is 1010 g/mol. The highest BCUT2D eigenvalue weighted by Gasteiger charge is 2.30. The van der Waals surface area contributed by atoms with Crippen LogP contribution in [0.15, 0.2) is 71.6 Å². The van der Waals surface area contributed by atoms with Gasteiger partial charge in [0, 0.05) is 24.2 Å². The third-order valence-corrected chi connectivity index (χ3v) is 13.2. The van der Waals surface area contributed by atoms with Crippen molar-refractivity contribution >= 4 is 139 Å². The van der Waals surface area contributed by atoms with Crippen LogP contribution >= 0.6 is 58.4 Å². The molecule has 25 heteroatoms. The van der Waals surface area contributed by atoms with E-state index in [1.807, 2.05) is 60.7 Å². The molecule has 0 amide bonds. The Morgan fingerprint density at radius 3 is 1.48 bits per heavy atom. The van der Waals surface area contributed by atoms with Gasteiger partial charge in [0.25, 0.3) is 0 Å². The standard InChI is InChI=1S/C11H13N3O2S2.C11H13N3O2S.2C10H11N3O2S/c1-11(13,9(15)16)4-5-2-6(17)8-7(3-5)18-10(12)14-8;1-11(13,9(15)16)5-6-2-3-7-8(4-6)17-10(12)14-7;1-10(11,9(14)15)5-6-2-3-7-8(4-6)13-16-12-7;11-6(9(14)15)3-5-1-2-7-8(4-5)16-10(12)13-7/h2-3,17H,4,13H2,1H3,(H2,12,14)(H,15,16);2-4H,5,13H2,1H3,(H2,12,14)(H,15,16);2-4H,5,11H2,1H3,(H,14,15);1-2,4,6H,3,11H2,(H2,12,13)(H,14,15). The lowest BCUT2D eigenvalue weighted by Crippen LogP contribution is -2.46. The summed E-state index contributed by atoms with van der Waals surface area (Å²) in [7, 11) is 0. The zero-order valence-electron chi connectivity index (χ0n) is 36.0. The van der Waals surface area contributed by atoms with Crippen LogP contribution in [0.1, 0.15) is 43.0 Å². The molecule has 4 atom stereocenters. The first-order valence-electron chi connectivity index (χ1n) is 19.7. The summed E-state index contributed by atoms with van der Waals surface area (Å²) in [6.07, 6.45) is 1.08. The molecule has 8 aromatic rings. The van der Waals surface area contributed by atoms with Gasteiger partial charge in [-0.1, -0.05) is 52.2 Å². The lowest BCUT2D eigenvalue weighted by Gasteiger charge is -2.19. The number of aliphatic carboxylic acids is 4. The van der Waals surface area contributed by atoms with Gasteiger partial charge in [-0.3, -0.25) is 19.2 Å². The van der Waals surface area contributed by atoms with Crippen LogP contribution in [0.3, 0.4) is 0 Å². The van der Waals surface area contributed by atoms with Gasteiger partial charge in [-0.05, 0) is 98.0 Å². The molecule has 354 valence electrons. The zero-order chi connectivity index (χ0) is 49.6. The van der Waals surface area contributed by atoms with Crippen molar-refractivity contribution in [1.29, 1.82) is 0 Å². The third kappa shape index (κ3) is 13.9. The molecular weight excluding hydrogens is 961 g/mol. The summed E-state index contributed by atoms with van der Waals surface area (Å²) >= 11 is 9.58. The number of carboxylic acid groups (broad SMARTS) is 4. The number of nitrogens with two attached hydrogens (primary N) is 7. The molecule has 0 fully saturated rings. The summed E-state index contributed by atoms with van der Waals surface area (Å²) in [6, 6.07) is 19.3. The number of aromatic nitrogens is 5. The van der Waals surface area contributed by atoms with Crippen molar-refractivity contribution in [2.24, 2.45) is 22.9 Å². The van der Waals surface area contributed by atoms with E-state index in [-0.39, 0.29) is 19.3 Å². The maximum absolute atomic E-state index is 11.0. The molecule has 0 saturated carbocycles. The molecule has 0 radical (unpaired) electrons. The topological polar surface area (TPSA) is 396 Å². The lowest BCUT2D eigenvalue weighted by atomic mass is 9.94. The minimum Gasteiger partial charge on any atom is -0.480 e. The predicted octanol–water partition coefficient (Wildman–Crippen LogP) is 4.60. The summed E-state index contributed by atoms with van der Waals surface area (Å²) in [5.41, 5.74) is 43.0. The van der Waals surface area contributed by atoms with E-state index < -0.39 is 46.5 Å². The molecular formula is C42H48N12O8S5. The molecule has 0 aliphatic rings. The maximum Gasteiger partial charge on any atom is 0.323 e. The number of fused-ring (bicyclic) bond motifs is 4. The Morgan fingerprint density at radius 2 is 0.970 bits per heavy atom. The van der Waals surface area contributed by atoms with Gasteiger partial charge < -0.3 is 60.6 Å². The van der Waals surface area contributed by atoms with Crippen LogP contribution in [0.2, 0.25) is 0 Å². The van der Waals surface area contributed by atoms with Gasteiger partial charge in [-0.15, -0.1) is 12.6 Å². The fourth-order valence-corrected chi connectivity index (χ4v) is 9.52. The van der Waals surface area contributed by atoms with Crippen molar-refractivity contribution in [2.75, 3.05) is 17.2 Å². The fourth-order valence-electron chi connectivity index (χ4n) is 6.17. The summed E-state index contributed by atoms with van der Waals surface area (Å²) in [5.74, 6) is -4.05. The van der Waals surface area contributed by atoms with E-state index in [9.17, 15) is 19.2 Å². The van der Waals surface area contributed by atoms with Gasteiger partial charge in [0.05, 0.1) is 42.4 Å². The Hall–Kier alpha value is -6.16. The largest absolute Gasteiger partial charge is 0.480 e. The van der Waals surface area contributed by atoms with Crippen molar-refractivity contribution in [1.82, 2.24) is 23.7 Å². The van der Waals surface area contributed by atoms with Crippen LogP contribution < -0.4 is 40.1 Å². The van der Waals surface area contributed by atoms with Crippen molar-refractivity contribution in [3.05, 3.63) is 89.0 Å². The molecule has 0 spiro atoms. The molecule has 8 rings (SSSR count). The number of anilines is 3. The van der Waals surface area contributed by atoms with E-state index in [0.29, 0.717) is 26.7 Å². The third-order valence-electron chi connectivity index (χ3n) is 9.76. The van der Waals surface area contributed by atoms with Gasteiger partial charge in [-0.2, -0.15) is 8.75 Å². The fraction of sp³-hybridized carbons (Fsp3) is 0.262. The summed E-state index contributed by atoms with van der Waals surface area (Å²) in [4.78, 5) is 56.5. The normalized spacial score (nSPS) is 14.3. The summed E-state index contributed by atoms with van der Waals surface area (Å²) < 4.78 is 11.0. The highest BCUT2D eigenvalue weighted by molar-refractivity contribution is 7.80. The molecule has 0 saturated heterocycles. The SMILES string of the molecule is CC(N)(Cc1cc(S)c2nc(N)sc2c1)C(=O)O.CC(N)(Cc1ccc2nc(N)sc2c1)C(=O)O.CC(N)(Cc1ccc2nsnc2c1)C(=O)O.Nc1nc2ccc(CC(N)C(=O)O)cc2s1. The minimum atomic E-state index is -1.30. The van der Waals surface area contributed by atoms with Gasteiger partial charge in [0.2, 0.25) is 0 Å². The number of rotatable bonds is 12. The Labute approximate surface area is 403 Å². The molecule has 0 aliphatic heterocycles. The number of hydrogen-bond donors (Lipinski definition) is 12. The number of nitrogen functional groups attached to an aromatic ring is 3. The van der Waals surface area contributed by atoms with Crippen LogP contribution in [0.5, 0.6) is 0 Å². The molecule has 67 heavy (non-hydrogen) atoms. The number of thiol groups is 1. The first-order valence-corrected chi connectivity index (χ1v) is 23.3. The van der Waals surface area contributed by atoms with E-state index >= 15 is 0 Å². The summed E-state index contributed by atoms with van der Waals surface area (Å²) in [5, 5.41) is 37.1. The average Bonchev–Trinajstić information content (AvgIpc) is 4.02. The Kier molecular flexibility index (Phi) is 16.4. The number of benzene rings is 4. The van der Waals surface area contributed by atoms with Gasteiger partial charge >= 0.3 is 23.9 Å². The van der Waals surface area contributed by atoms with Gasteiger partial charge in [0.1, 0.15) is 33.7 Å². The number of carbonyl (C=O) groups is 4. The van der Waals surface area contributed by atoms with Gasteiger partial charge in [-0.25, -0.2) is 15.0 Å². The first kappa shape index (κ1) is 51.8. The van der Waals surface area contributed by atoms with Crippen LogP contribution in [-0.2, 0) is 44.9 Å². The quantitative estimate of drug-likeness (QED) is 0.0744. The van der Waals surface area contributed by atoms with Crippen molar-refractivity contribution in [3.63, 3.8) is 0 Å². The van der Waals surface area contributed by atoms with E-state index in [4.69, 9.17) is 60.6 Å².